The molecular formula is C12H14FNO2. The smallest absolute Gasteiger partial charge is 0.257 e. The molecule has 1 heterocycles. The van der Waals surface area contributed by atoms with Gasteiger partial charge in [0.25, 0.3) is 5.91 Å². The van der Waals surface area contributed by atoms with Crippen molar-refractivity contribution in [1.82, 2.24) is 4.90 Å². The molecule has 0 atom stereocenters. The van der Waals surface area contributed by atoms with Crippen LogP contribution in [0.4, 0.5) is 4.39 Å². The van der Waals surface area contributed by atoms with E-state index in [1.54, 1.807) is 4.90 Å². The lowest BCUT2D eigenvalue weighted by molar-refractivity contribution is 0.0721. The third-order valence-corrected chi connectivity index (χ3v) is 2.83. The van der Waals surface area contributed by atoms with E-state index in [4.69, 9.17) is 0 Å². The van der Waals surface area contributed by atoms with E-state index >= 15 is 0 Å². The van der Waals surface area contributed by atoms with E-state index in [0.717, 1.165) is 31.4 Å². The molecule has 2 rings (SSSR count). The number of carbonyl (C=O) groups excluding carboxylic acids is 1. The summed E-state index contributed by atoms with van der Waals surface area (Å²) in [5.41, 5.74) is 0.0573. The lowest BCUT2D eigenvalue weighted by atomic mass is 10.1. The Morgan fingerprint density at radius 2 is 1.94 bits per heavy atom. The Labute approximate surface area is 93.5 Å². The number of nitrogens with zero attached hydrogens (tertiary/aromatic N) is 1. The molecule has 3 nitrogen and oxygen atoms in total. The van der Waals surface area contributed by atoms with Crippen LogP contribution >= 0.6 is 0 Å². The van der Waals surface area contributed by atoms with Crippen LogP contribution in [0.3, 0.4) is 0 Å². The molecule has 1 aromatic carbocycles. The monoisotopic (exact) mass is 223 g/mol. The number of aromatic hydroxyl groups is 1. The van der Waals surface area contributed by atoms with Gasteiger partial charge in [0.05, 0.1) is 5.56 Å². The van der Waals surface area contributed by atoms with Crippen molar-refractivity contribution in [2.75, 3.05) is 13.1 Å². The lowest BCUT2D eigenvalue weighted by Gasteiger charge is -2.26. The van der Waals surface area contributed by atoms with Gasteiger partial charge in [0.2, 0.25) is 0 Å². The van der Waals surface area contributed by atoms with Crippen LogP contribution in [0.2, 0.25) is 0 Å². The Balaban J connectivity index is 2.22. The highest BCUT2D eigenvalue weighted by molar-refractivity contribution is 5.96. The summed E-state index contributed by atoms with van der Waals surface area (Å²) in [5.74, 6) is -0.938. The van der Waals surface area contributed by atoms with Gasteiger partial charge in [-0.25, -0.2) is 4.39 Å². The molecule has 1 aromatic rings. The second kappa shape index (κ2) is 4.51. The number of phenols is 1. The van der Waals surface area contributed by atoms with Gasteiger partial charge in [-0.2, -0.15) is 0 Å². The zero-order chi connectivity index (χ0) is 11.5. The quantitative estimate of drug-likeness (QED) is 0.792. The molecule has 0 aliphatic carbocycles. The van der Waals surface area contributed by atoms with Crippen LogP contribution in [0, 0.1) is 5.82 Å². The average Bonchev–Trinajstić information content (AvgIpc) is 2.32. The van der Waals surface area contributed by atoms with E-state index in [1.165, 1.54) is 6.07 Å². The van der Waals surface area contributed by atoms with Crippen LogP contribution < -0.4 is 0 Å². The van der Waals surface area contributed by atoms with Crippen LogP contribution in [0.1, 0.15) is 29.6 Å². The molecule has 1 aliphatic heterocycles. The van der Waals surface area contributed by atoms with E-state index in [1.807, 2.05) is 0 Å². The summed E-state index contributed by atoms with van der Waals surface area (Å²) in [6.45, 7) is 1.38. The van der Waals surface area contributed by atoms with Gasteiger partial charge in [-0.1, -0.05) is 0 Å². The van der Waals surface area contributed by atoms with Gasteiger partial charge >= 0.3 is 0 Å². The number of hydrogen-bond acceptors (Lipinski definition) is 2. The minimum absolute atomic E-state index is 0.0573. The van der Waals surface area contributed by atoms with Gasteiger partial charge in [-0.3, -0.25) is 4.79 Å². The Hall–Kier alpha value is -1.58. The highest BCUT2D eigenvalue weighted by Gasteiger charge is 2.21. The van der Waals surface area contributed by atoms with Crippen molar-refractivity contribution in [3.63, 3.8) is 0 Å². The van der Waals surface area contributed by atoms with Crippen LogP contribution in [-0.2, 0) is 0 Å². The number of carbonyl (C=O) groups is 1. The first kappa shape index (κ1) is 10.9. The fraction of sp³-hybridized carbons (Fsp3) is 0.417. The zero-order valence-electron chi connectivity index (χ0n) is 8.95. The number of piperidine rings is 1. The Kier molecular flexibility index (Phi) is 3.08. The fourth-order valence-corrected chi connectivity index (χ4v) is 1.95. The number of likely N-dealkylation sites (tertiary alicyclic amines) is 1. The largest absolute Gasteiger partial charge is 0.507 e. The van der Waals surface area contributed by atoms with E-state index in [-0.39, 0.29) is 17.2 Å². The maximum Gasteiger partial charge on any atom is 0.257 e. The third-order valence-electron chi connectivity index (χ3n) is 2.83. The van der Waals surface area contributed by atoms with E-state index < -0.39 is 5.82 Å². The second-order valence-electron chi connectivity index (χ2n) is 4.01. The molecule has 0 bridgehead atoms. The zero-order valence-corrected chi connectivity index (χ0v) is 8.95. The second-order valence-corrected chi connectivity index (χ2v) is 4.01. The summed E-state index contributed by atoms with van der Waals surface area (Å²) < 4.78 is 13.0. The van der Waals surface area contributed by atoms with Crippen molar-refractivity contribution in [3.8, 4) is 5.75 Å². The number of phenolic OH excluding ortho intramolecular Hbond substituents is 1. The Morgan fingerprint density at radius 1 is 1.25 bits per heavy atom. The summed E-state index contributed by atoms with van der Waals surface area (Å²) >= 11 is 0. The lowest BCUT2D eigenvalue weighted by Crippen LogP contribution is -2.35. The molecular weight excluding hydrogens is 209 g/mol. The Bertz CT molecular complexity index is 400. The Morgan fingerprint density at radius 3 is 2.62 bits per heavy atom. The van der Waals surface area contributed by atoms with Crippen molar-refractivity contribution < 1.29 is 14.3 Å². The fourth-order valence-electron chi connectivity index (χ4n) is 1.95. The number of rotatable bonds is 1. The van der Waals surface area contributed by atoms with Gasteiger partial charge < -0.3 is 10.0 Å². The number of halogens is 1. The van der Waals surface area contributed by atoms with Crippen molar-refractivity contribution in [1.29, 1.82) is 0 Å². The third kappa shape index (κ3) is 2.15. The van der Waals surface area contributed by atoms with Gasteiger partial charge in [-0.15, -0.1) is 0 Å². The van der Waals surface area contributed by atoms with Crippen molar-refractivity contribution in [2.45, 2.75) is 19.3 Å². The molecule has 86 valence electrons. The van der Waals surface area contributed by atoms with Crippen LogP contribution in [0.25, 0.3) is 0 Å². The number of amides is 1. The molecule has 1 saturated heterocycles. The molecule has 0 unspecified atom stereocenters. The summed E-state index contributed by atoms with van der Waals surface area (Å²) in [6.07, 6.45) is 3.07. The van der Waals surface area contributed by atoms with Crippen LogP contribution in [-0.4, -0.2) is 29.0 Å². The molecule has 0 spiro atoms. The van der Waals surface area contributed by atoms with Gasteiger partial charge in [-0.05, 0) is 37.5 Å². The van der Waals surface area contributed by atoms with Crippen LogP contribution in [0.15, 0.2) is 18.2 Å². The van der Waals surface area contributed by atoms with Gasteiger partial charge in [0.15, 0.2) is 0 Å². The summed E-state index contributed by atoms with van der Waals surface area (Å²) in [4.78, 5) is 13.6. The first-order valence-corrected chi connectivity index (χ1v) is 5.46. The molecule has 4 heteroatoms. The number of benzene rings is 1. The highest BCUT2D eigenvalue weighted by Crippen LogP contribution is 2.21. The first-order chi connectivity index (χ1) is 7.68. The van der Waals surface area contributed by atoms with Gasteiger partial charge in [0.1, 0.15) is 11.6 Å². The molecule has 1 fully saturated rings. The van der Waals surface area contributed by atoms with Gasteiger partial charge in [0, 0.05) is 13.1 Å². The molecule has 0 radical (unpaired) electrons. The molecule has 1 amide bonds. The normalized spacial score (nSPS) is 16.2. The molecule has 0 saturated carbocycles. The topological polar surface area (TPSA) is 40.5 Å². The predicted octanol–water partition coefficient (Wildman–Crippen LogP) is 2.16. The maximum atomic E-state index is 13.0. The van der Waals surface area contributed by atoms with E-state index in [0.29, 0.717) is 13.1 Å². The predicted molar refractivity (Wildman–Crippen MR) is 57.8 cm³/mol. The maximum absolute atomic E-state index is 13.0. The number of hydrogen-bond donors (Lipinski definition) is 1. The van der Waals surface area contributed by atoms with E-state index in [2.05, 4.69) is 0 Å². The van der Waals surface area contributed by atoms with Crippen molar-refractivity contribution in [2.24, 2.45) is 0 Å². The molecule has 16 heavy (non-hydrogen) atoms. The highest BCUT2D eigenvalue weighted by atomic mass is 19.1. The molecule has 1 N–H and O–H groups in total. The standard InChI is InChI=1S/C12H14FNO2/c13-9-4-5-11(15)10(8-9)12(16)14-6-2-1-3-7-14/h4-5,8,15H,1-3,6-7H2. The minimum Gasteiger partial charge on any atom is -0.507 e. The molecule has 0 aromatic heterocycles. The van der Waals surface area contributed by atoms with Crippen molar-refractivity contribution >= 4 is 5.91 Å². The van der Waals surface area contributed by atoms with Crippen LogP contribution in [0.5, 0.6) is 5.75 Å². The SMILES string of the molecule is O=C(c1cc(F)ccc1O)N1CCCCC1. The van der Waals surface area contributed by atoms with Crippen molar-refractivity contribution in [3.05, 3.63) is 29.6 Å². The van der Waals surface area contributed by atoms with E-state index in [9.17, 15) is 14.3 Å². The minimum atomic E-state index is -0.502. The summed E-state index contributed by atoms with van der Waals surface area (Å²) in [6, 6.07) is 3.45. The summed E-state index contributed by atoms with van der Waals surface area (Å²) in [5, 5.41) is 9.52. The average molecular weight is 223 g/mol. The molecule has 1 aliphatic rings. The first-order valence-electron chi connectivity index (χ1n) is 5.46. The summed E-state index contributed by atoms with van der Waals surface area (Å²) in [7, 11) is 0.